The second-order valence-corrected chi connectivity index (χ2v) is 7.34. The number of rotatable bonds is 8. The SMILES string of the molecule is CC[C@H](NC(=O)CCSc1ccc(C)cc1)c1ccc(OC)c(C)c1. The number of thioether (sulfide) groups is 1. The molecule has 2 aromatic rings. The molecular weight excluding hydrogens is 330 g/mol. The van der Waals surface area contributed by atoms with E-state index in [-0.39, 0.29) is 11.9 Å². The molecule has 0 unspecified atom stereocenters. The van der Waals surface area contributed by atoms with E-state index in [0.29, 0.717) is 6.42 Å². The van der Waals surface area contributed by atoms with Crippen molar-refractivity contribution in [3.05, 3.63) is 59.2 Å². The summed E-state index contributed by atoms with van der Waals surface area (Å²) >= 11 is 1.72. The van der Waals surface area contributed by atoms with Crippen LogP contribution in [0.15, 0.2) is 47.4 Å². The molecule has 25 heavy (non-hydrogen) atoms. The Labute approximate surface area is 155 Å². The molecule has 0 radical (unpaired) electrons. The topological polar surface area (TPSA) is 38.3 Å². The summed E-state index contributed by atoms with van der Waals surface area (Å²) in [5, 5.41) is 3.15. The Morgan fingerprint density at radius 2 is 1.88 bits per heavy atom. The highest BCUT2D eigenvalue weighted by atomic mass is 32.2. The number of hydrogen-bond acceptors (Lipinski definition) is 3. The van der Waals surface area contributed by atoms with Crippen LogP contribution in [0.3, 0.4) is 0 Å². The Balaban J connectivity index is 1.86. The van der Waals surface area contributed by atoms with Gasteiger partial charge in [0.25, 0.3) is 0 Å². The smallest absolute Gasteiger partial charge is 0.221 e. The number of benzene rings is 2. The Morgan fingerprint density at radius 1 is 1.16 bits per heavy atom. The van der Waals surface area contributed by atoms with E-state index < -0.39 is 0 Å². The highest BCUT2D eigenvalue weighted by Crippen LogP contribution is 2.24. The molecule has 0 saturated carbocycles. The molecule has 134 valence electrons. The molecule has 0 aromatic heterocycles. The van der Waals surface area contributed by atoms with E-state index in [4.69, 9.17) is 4.74 Å². The fourth-order valence-electron chi connectivity index (χ4n) is 2.70. The molecule has 0 heterocycles. The van der Waals surface area contributed by atoms with Crippen LogP contribution in [0.25, 0.3) is 0 Å². The van der Waals surface area contributed by atoms with E-state index in [1.54, 1.807) is 18.9 Å². The van der Waals surface area contributed by atoms with Crippen molar-refractivity contribution in [1.29, 1.82) is 0 Å². The summed E-state index contributed by atoms with van der Waals surface area (Å²) < 4.78 is 5.31. The van der Waals surface area contributed by atoms with Gasteiger partial charge in [-0.05, 0) is 49.6 Å². The van der Waals surface area contributed by atoms with Crippen molar-refractivity contribution in [1.82, 2.24) is 5.32 Å². The van der Waals surface area contributed by atoms with Crippen LogP contribution in [0.2, 0.25) is 0 Å². The summed E-state index contributed by atoms with van der Waals surface area (Å²) in [6.07, 6.45) is 1.38. The van der Waals surface area contributed by atoms with Gasteiger partial charge in [-0.25, -0.2) is 0 Å². The molecule has 0 bridgehead atoms. The highest BCUT2D eigenvalue weighted by Gasteiger charge is 2.14. The van der Waals surface area contributed by atoms with Gasteiger partial charge in [-0.1, -0.05) is 36.8 Å². The summed E-state index contributed by atoms with van der Waals surface area (Å²) in [5.74, 6) is 1.76. The Hall–Kier alpha value is -1.94. The van der Waals surface area contributed by atoms with Crippen LogP contribution in [0.4, 0.5) is 0 Å². The van der Waals surface area contributed by atoms with Gasteiger partial charge in [-0.2, -0.15) is 0 Å². The van der Waals surface area contributed by atoms with Crippen LogP contribution >= 0.6 is 11.8 Å². The van der Waals surface area contributed by atoms with Crippen molar-refractivity contribution in [3.8, 4) is 5.75 Å². The van der Waals surface area contributed by atoms with Gasteiger partial charge >= 0.3 is 0 Å². The van der Waals surface area contributed by atoms with E-state index in [1.807, 2.05) is 19.1 Å². The molecule has 2 rings (SSSR count). The molecule has 0 aliphatic carbocycles. The Bertz CT molecular complexity index is 698. The third kappa shape index (κ3) is 5.82. The molecule has 0 spiro atoms. The Kier molecular flexibility index (Phi) is 7.38. The molecule has 2 aromatic carbocycles. The highest BCUT2D eigenvalue weighted by molar-refractivity contribution is 7.99. The predicted octanol–water partition coefficient (Wildman–Crippen LogP) is 5.06. The van der Waals surface area contributed by atoms with Gasteiger partial charge in [-0.3, -0.25) is 4.79 Å². The molecule has 1 amide bonds. The molecular formula is C21H27NO2S. The van der Waals surface area contributed by atoms with E-state index in [2.05, 4.69) is 49.5 Å². The van der Waals surface area contributed by atoms with Crippen molar-refractivity contribution < 1.29 is 9.53 Å². The first-order valence-corrected chi connectivity index (χ1v) is 9.65. The number of carbonyl (C=O) groups excluding carboxylic acids is 1. The second-order valence-electron chi connectivity index (χ2n) is 6.17. The van der Waals surface area contributed by atoms with Crippen LogP contribution in [-0.2, 0) is 4.79 Å². The molecule has 0 fully saturated rings. The average molecular weight is 358 g/mol. The van der Waals surface area contributed by atoms with Crippen molar-refractivity contribution in [2.45, 2.75) is 44.6 Å². The lowest BCUT2D eigenvalue weighted by Gasteiger charge is -2.19. The summed E-state index contributed by atoms with van der Waals surface area (Å²) in [7, 11) is 1.67. The largest absolute Gasteiger partial charge is 0.496 e. The number of ether oxygens (including phenoxy) is 1. The van der Waals surface area contributed by atoms with Gasteiger partial charge in [0.1, 0.15) is 5.75 Å². The number of amides is 1. The van der Waals surface area contributed by atoms with Gasteiger partial charge in [-0.15, -0.1) is 11.8 Å². The molecule has 4 heteroatoms. The van der Waals surface area contributed by atoms with Crippen LogP contribution in [0.1, 0.15) is 42.5 Å². The maximum Gasteiger partial charge on any atom is 0.221 e. The molecule has 3 nitrogen and oxygen atoms in total. The normalized spacial score (nSPS) is 11.8. The predicted molar refractivity (Wildman–Crippen MR) is 105 cm³/mol. The third-order valence-electron chi connectivity index (χ3n) is 4.18. The van der Waals surface area contributed by atoms with Gasteiger partial charge < -0.3 is 10.1 Å². The first kappa shape index (κ1) is 19.4. The van der Waals surface area contributed by atoms with Gasteiger partial charge in [0.2, 0.25) is 5.91 Å². The van der Waals surface area contributed by atoms with Crippen LogP contribution in [0, 0.1) is 13.8 Å². The summed E-state index contributed by atoms with van der Waals surface area (Å²) in [4.78, 5) is 13.5. The quantitative estimate of drug-likeness (QED) is 0.671. The van der Waals surface area contributed by atoms with Crippen molar-refractivity contribution in [2.75, 3.05) is 12.9 Å². The van der Waals surface area contributed by atoms with Gasteiger partial charge in [0.05, 0.1) is 13.2 Å². The zero-order valence-electron chi connectivity index (χ0n) is 15.5. The zero-order chi connectivity index (χ0) is 18.2. The third-order valence-corrected chi connectivity index (χ3v) is 5.20. The van der Waals surface area contributed by atoms with Crippen molar-refractivity contribution in [3.63, 3.8) is 0 Å². The van der Waals surface area contributed by atoms with Crippen LogP contribution in [-0.4, -0.2) is 18.8 Å². The van der Waals surface area contributed by atoms with Crippen molar-refractivity contribution in [2.24, 2.45) is 0 Å². The van der Waals surface area contributed by atoms with E-state index >= 15 is 0 Å². The first-order valence-electron chi connectivity index (χ1n) is 8.66. The van der Waals surface area contributed by atoms with Crippen molar-refractivity contribution >= 4 is 17.7 Å². The molecule has 0 aliphatic heterocycles. The van der Waals surface area contributed by atoms with Crippen LogP contribution in [0.5, 0.6) is 5.75 Å². The number of carbonyl (C=O) groups is 1. The number of nitrogens with one attached hydrogen (secondary N) is 1. The fraction of sp³-hybridized carbons (Fsp3) is 0.381. The average Bonchev–Trinajstić information content (AvgIpc) is 2.61. The summed E-state index contributed by atoms with van der Waals surface area (Å²) in [5.41, 5.74) is 3.46. The summed E-state index contributed by atoms with van der Waals surface area (Å²) in [6.45, 7) is 6.19. The number of methoxy groups -OCH3 is 1. The van der Waals surface area contributed by atoms with Gasteiger partial charge in [0.15, 0.2) is 0 Å². The minimum atomic E-state index is 0.0430. The standard InChI is InChI=1S/C21H27NO2S/c1-5-19(17-8-11-20(24-4)16(3)14-17)22-21(23)12-13-25-18-9-6-15(2)7-10-18/h6-11,14,19H,5,12-13H2,1-4H3,(H,22,23)/t19-/m0/s1. The van der Waals surface area contributed by atoms with Gasteiger partial charge in [0, 0.05) is 17.1 Å². The Morgan fingerprint density at radius 3 is 2.48 bits per heavy atom. The molecule has 0 saturated heterocycles. The minimum Gasteiger partial charge on any atom is -0.496 e. The lowest BCUT2D eigenvalue weighted by Crippen LogP contribution is -2.28. The number of aryl methyl sites for hydroxylation is 2. The lowest BCUT2D eigenvalue weighted by molar-refractivity contribution is -0.121. The number of hydrogen-bond donors (Lipinski definition) is 1. The minimum absolute atomic E-state index is 0.0430. The summed E-state index contributed by atoms with van der Waals surface area (Å²) in [6, 6.07) is 14.5. The zero-order valence-corrected chi connectivity index (χ0v) is 16.3. The van der Waals surface area contributed by atoms with E-state index in [0.717, 1.165) is 29.1 Å². The first-order chi connectivity index (χ1) is 12.0. The maximum absolute atomic E-state index is 12.3. The van der Waals surface area contributed by atoms with E-state index in [9.17, 15) is 4.79 Å². The fourth-order valence-corrected chi connectivity index (χ4v) is 3.55. The molecule has 0 aliphatic rings. The van der Waals surface area contributed by atoms with Crippen LogP contribution < -0.4 is 10.1 Å². The lowest BCUT2D eigenvalue weighted by atomic mass is 10.0. The molecule has 1 atom stereocenters. The maximum atomic E-state index is 12.3. The molecule has 1 N–H and O–H groups in total. The van der Waals surface area contributed by atoms with E-state index in [1.165, 1.54) is 10.5 Å². The monoisotopic (exact) mass is 357 g/mol. The second kappa shape index (κ2) is 9.52.